The van der Waals surface area contributed by atoms with Crippen LogP contribution in [-0.4, -0.2) is 12.0 Å². The van der Waals surface area contributed by atoms with Crippen LogP contribution in [0.2, 0.25) is 0 Å². The summed E-state index contributed by atoms with van der Waals surface area (Å²) < 4.78 is 0. The summed E-state index contributed by atoms with van der Waals surface area (Å²) in [5, 5.41) is 0. The van der Waals surface area contributed by atoms with Gasteiger partial charge in [-0.05, 0) is 54.7 Å². The zero-order chi connectivity index (χ0) is 11.4. The van der Waals surface area contributed by atoms with Crippen LogP contribution in [0.4, 0.5) is 0 Å². The molecule has 0 amide bonds. The summed E-state index contributed by atoms with van der Waals surface area (Å²) in [4.78, 5) is 0.583. The molecule has 0 heterocycles. The van der Waals surface area contributed by atoms with Gasteiger partial charge in [0.25, 0.3) is 0 Å². The Morgan fingerprint density at radius 1 is 1.38 bits per heavy atom. The molecular weight excluding hydrogens is 280 g/mol. The lowest BCUT2D eigenvalue weighted by atomic mass is 9.82. The largest absolute Gasteiger partial charge is 0.165 e. The van der Waals surface area contributed by atoms with Crippen molar-refractivity contribution in [2.45, 2.75) is 30.5 Å². The number of fused-ring (bicyclic) bond motifs is 1. The first-order chi connectivity index (χ1) is 7.83. The van der Waals surface area contributed by atoms with Crippen LogP contribution < -0.4 is 0 Å². The maximum absolute atomic E-state index is 3.90. The molecule has 1 aliphatic carbocycles. The first kappa shape index (κ1) is 12.5. The standard InChI is InChI=1S/C14H19BrS/c1-16-10-4-6-12-9-8-11-5-2-3-7-13(11)14(12)15/h2-3,5,7,12,14H,4,6,8-10H2,1H3. The number of hydrogen-bond acceptors (Lipinski definition) is 1. The van der Waals surface area contributed by atoms with Crippen molar-refractivity contribution in [3.8, 4) is 0 Å². The summed E-state index contributed by atoms with van der Waals surface area (Å²) >= 11 is 5.86. The van der Waals surface area contributed by atoms with Gasteiger partial charge in [0.15, 0.2) is 0 Å². The molecule has 1 aromatic rings. The van der Waals surface area contributed by atoms with Crippen LogP contribution in [0.1, 0.15) is 35.2 Å². The van der Waals surface area contributed by atoms with Gasteiger partial charge in [-0.25, -0.2) is 0 Å². The minimum Gasteiger partial charge on any atom is -0.165 e. The predicted octanol–water partition coefficient (Wildman–Crippen LogP) is 4.83. The Bertz CT molecular complexity index is 337. The van der Waals surface area contributed by atoms with Crippen molar-refractivity contribution >= 4 is 27.7 Å². The first-order valence-corrected chi connectivity index (χ1v) is 8.34. The second-order valence-corrected chi connectivity index (χ2v) is 6.51. The van der Waals surface area contributed by atoms with Crippen LogP contribution in [0, 0.1) is 5.92 Å². The van der Waals surface area contributed by atoms with Crippen LogP contribution in [0.5, 0.6) is 0 Å². The van der Waals surface area contributed by atoms with Crippen molar-refractivity contribution in [2.24, 2.45) is 5.92 Å². The Morgan fingerprint density at radius 2 is 2.19 bits per heavy atom. The van der Waals surface area contributed by atoms with E-state index in [0.717, 1.165) is 5.92 Å². The normalized spacial score (nSPS) is 24.1. The van der Waals surface area contributed by atoms with E-state index in [1.54, 1.807) is 5.56 Å². The lowest BCUT2D eigenvalue weighted by Crippen LogP contribution is -2.16. The zero-order valence-electron chi connectivity index (χ0n) is 9.79. The molecule has 88 valence electrons. The lowest BCUT2D eigenvalue weighted by molar-refractivity contribution is 0.421. The summed E-state index contributed by atoms with van der Waals surface area (Å²) in [5.41, 5.74) is 3.08. The first-order valence-electron chi connectivity index (χ1n) is 6.03. The van der Waals surface area contributed by atoms with Gasteiger partial charge in [0.05, 0.1) is 0 Å². The second kappa shape index (κ2) is 6.11. The third-order valence-electron chi connectivity index (χ3n) is 3.47. The van der Waals surface area contributed by atoms with Crippen LogP contribution in [0.25, 0.3) is 0 Å². The van der Waals surface area contributed by atoms with Crippen molar-refractivity contribution in [3.63, 3.8) is 0 Å². The molecular formula is C14H19BrS. The number of rotatable bonds is 4. The summed E-state index contributed by atoms with van der Waals surface area (Å²) in [6.07, 6.45) is 7.53. The van der Waals surface area contributed by atoms with E-state index in [4.69, 9.17) is 0 Å². The van der Waals surface area contributed by atoms with E-state index < -0.39 is 0 Å². The molecule has 0 N–H and O–H groups in total. The van der Waals surface area contributed by atoms with Gasteiger partial charge < -0.3 is 0 Å². The van der Waals surface area contributed by atoms with Crippen molar-refractivity contribution in [1.29, 1.82) is 0 Å². The number of hydrogen-bond donors (Lipinski definition) is 0. The highest BCUT2D eigenvalue weighted by Gasteiger charge is 2.26. The molecule has 0 bridgehead atoms. The molecule has 0 saturated carbocycles. The monoisotopic (exact) mass is 298 g/mol. The lowest BCUT2D eigenvalue weighted by Gasteiger charge is -2.30. The van der Waals surface area contributed by atoms with Gasteiger partial charge >= 0.3 is 0 Å². The number of aryl methyl sites for hydroxylation is 1. The minimum absolute atomic E-state index is 0.583. The van der Waals surface area contributed by atoms with Gasteiger partial charge in [0, 0.05) is 4.83 Å². The molecule has 2 unspecified atom stereocenters. The van der Waals surface area contributed by atoms with Gasteiger partial charge in [-0.2, -0.15) is 11.8 Å². The highest BCUT2D eigenvalue weighted by atomic mass is 79.9. The van der Waals surface area contributed by atoms with Crippen molar-refractivity contribution in [1.82, 2.24) is 0 Å². The third kappa shape index (κ3) is 2.84. The van der Waals surface area contributed by atoms with E-state index in [-0.39, 0.29) is 0 Å². The Kier molecular flexibility index (Phi) is 4.78. The Labute approximate surface area is 111 Å². The van der Waals surface area contributed by atoms with Gasteiger partial charge in [-0.1, -0.05) is 40.2 Å². The van der Waals surface area contributed by atoms with Crippen LogP contribution in [0.15, 0.2) is 24.3 Å². The van der Waals surface area contributed by atoms with Crippen LogP contribution in [-0.2, 0) is 6.42 Å². The number of halogens is 1. The fourth-order valence-corrected chi connectivity index (χ4v) is 3.98. The van der Waals surface area contributed by atoms with E-state index >= 15 is 0 Å². The maximum atomic E-state index is 3.90. The SMILES string of the molecule is CSCCCC1CCc2ccccc2C1Br. The van der Waals surface area contributed by atoms with Crippen molar-refractivity contribution in [2.75, 3.05) is 12.0 Å². The van der Waals surface area contributed by atoms with Crippen LogP contribution in [0.3, 0.4) is 0 Å². The van der Waals surface area contributed by atoms with E-state index in [9.17, 15) is 0 Å². The molecule has 2 rings (SSSR count). The molecule has 1 aromatic carbocycles. The summed E-state index contributed by atoms with van der Waals surface area (Å²) in [5.74, 6) is 2.14. The zero-order valence-corrected chi connectivity index (χ0v) is 12.2. The fourth-order valence-electron chi connectivity index (χ4n) is 2.55. The van der Waals surface area contributed by atoms with Crippen molar-refractivity contribution in [3.05, 3.63) is 35.4 Å². The number of alkyl halides is 1. The van der Waals surface area contributed by atoms with Gasteiger partial charge in [0.1, 0.15) is 0 Å². The van der Waals surface area contributed by atoms with E-state index in [1.807, 2.05) is 11.8 Å². The second-order valence-electron chi connectivity index (χ2n) is 4.53. The Balaban J connectivity index is 2.00. The highest BCUT2D eigenvalue weighted by Crippen LogP contribution is 2.42. The molecule has 0 nitrogen and oxygen atoms in total. The Morgan fingerprint density at radius 3 is 3.00 bits per heavy atom. The summed E-state index contributed by atoms with van der Waals surface area (Å²) in [6, 6.07) is 8.89. The van der Waals surface area contributed by atoms with Gasteiger partial charge in [-0.3, -0.25) is 0 Å². The fraction of sp³-hybridized carbons (Fsp3) is 0.571. The Hall–Kier alpha value is 0.0500. The number of thioether (sulfide) groups is 1. The quantitative estimate of drug-likeness (QED) is 0.567. The minimum atomic E-state index is 0.583. The van der Waals surface area contributed by atoms with Crippen molar-refractivity contribution < 1.29 is 0 Å². The van der Waals surface area contributed by atoms with E-state index in [2.05, 4.69) is 46.5 Å². The molecule has 0 saturated heterocycles. The molecule has 2 atom stereocenters. The molecule has 16 heavy (non-hydrogen) atoms. The van der Waals surface area contributed by atoms with Crippen LogP contribution >= 0.6 is 27.7 Å². The molecule has 0 aromatic heterocycles. The smallest absolute Gasteiger partial charge is 0.0426 e. The topological polar surface area (TPSA) is 0 Å². The average molecular weight is 299 g/mol. The molecule has 0 spiro atoms. The summed E-state index contributed by atoms with van der Waals surface area (Å²) in [7, 11) is 0. The summed E-state index contributed by atoms with van der Waals surface area (Å²) in [6.45, 7) is 0. The highest BCUT2D eigenvalue weighted by molar-refractivity contribution is 9.09. The maximum Gasteiger partial charge on any atom is 0.0426 e. The van der Waals surface area contributed by atoms with Gasteiger partial charge in [-0.15, -0.1) is 0 Å². The molecule has 0 aliphatic heterocycles. The third-order valence-corrected chi connectivity index (χ3v) is 5.41. The van der Waals surface area contributed by atoms with E-state index in [1.165, 1.54) is 37.0 Å². The molecule has 0 radical (unpaired) electrons. The molecule has 2 heteroatoms. The molecule has 1 aliphatic rings. The van der Waals surface area contributed by atoms with E-state index in [0.29, 0.717) is 4.83 Å². The predicted molar refractivity (Wildman–Crippen MR) is 77.5 cm³/mol. The number of benzene rings is 1. The van der Waals surface area contributed by atoms with Gasteiger partial charge in [0.2, 0.25) is 0 Å². The molecule has 0 fully saturated rings. The average Bonchev–Trinajstić information content (AvgIpc) is 2.33.